The summed E-state index contributed by atoms with van der Waals surface area (Å²) < 4.78 is 17.4. The first kappa shape index (κ1) is 41.8. The second kappa shape index (κ2) is 18.4. The number of aryl methyl sites for hydroxylation is 1. The lowest BCUT2D eigenvalue weighted by Gasteiger charge is -2.33. The molecule has 54 heavy (non-hydrogen) atoms. The molecule has 1 saturated heterocycles. The summed E-state index contributed by atoms with van der Waals surface area (Å²) in [5, 5.41) is 11.2. The number of ether oxygens (including phenoxy) is 3. The van der Waals surface area contributed by atoms with Crippen LogP contribution in [-0.4, -0.2) is 72.0 Å². The van der Waals surface area contributed by atoms with Crippen molar-refractivity contribution in [1.82, 2.24) is 10.2 Å². The molecule has 11 heteroatoms. The number of anilines is 1. The maximum absolute atomic E-state index is 14.1. The smallest absolute Gasteiger partial charge is 0.420 e. The number of rotatable bonds is 10. The molecule has 2 aromatic rings. The SMILES string of the molecule is CCCCc1ccc(N(C(=O)OC(C)(C)C)C2=NC(c3cccc(OCC(=O)NC4CCN(C(=O)OC(C)(C)C)CC4)c3)=CCC(C)C=C2C)cc1C=N. The highest BCUT2D eigenvalue weighted by atomic mass is 16.6. The molecule has 3 amide bonds. The van der Waals surface area contributed by atoms with Gasteiger partial charge in [0, 0.05) is 30.9 Å². The van der Waals surface area contributed by atoms with Crippen molar-refractivity contribution >= 4 is 41.5 Å². The molecular weight excluding hydrogens is 683 g/mol. The molecular formula is C43H59N5O6. The fourth-order valence-corrected chi connectivity index (χ4v) is 6.29. The number of hydrogen-bond donors (Lipinski definition) is 2. The van der Waals surface area contributed by atoms with Crippen LogP contribution in [0, 0.1) is 11.3 Å². The fourth-order valence-electron chi connectivity index (χ4n) is 6.29. The van der Waals surface area contributed by atoms with E-state index in [1.165, 1.54) is 11.1 Å². The number of hydrogen-bond acceptors (Lipinski definition) is 8. The number of carbonyl (C=O) groups is 3. The molecule has 0 aliphatic carbocycles. The van der Waals surface area contributed by atoms with Gasteiger partial charge in [0.15, 0.2) is 6.61 Å². The summed E-state index contributed by atoms with van der Waals surface area (Å²) in [5.41, 5.74) is 3.26. The Hall–Kier alpha value is -4.93. The van der Waals surface area contributed by atoms with Crippen LogP contribution >= 0.6 is 0 Å². The standard InChI is InChI=1S/C43H59N5O6/c1-10-11-13-31-17-18-35(25-33(31)27-44)48(41(51)54-43(7,8)9)39-30(3)24-29(2)16-19-37(46-39)32-14-12-15-36(26-32)52-28-38(49)45-34-20-22-47(23-21-34)40(50)53-42(4,5)6/h12,14-15,17-19,24-27,29,34,44H,10-11,13,16,20-23,28H2,1-9H3,(H,45,49). The van der Waals surface area contributed by atoms with Gasteiger partial charge >= 0.3 is 12.2 Å². The average molecular weight is 742 g/mol. The molecule has 2 aliphatic rings. The number of nitrogens with one attached hydrogen (secondary N) is 2. The number of likely N-dealkylation sites (tertiary alicyclic amines) is 1. The lowest BCUT2D eigenvalue weighted by molar-refractivity contribution is -0.124. The van der Waals surface area contributed by atoms with E-state index in [4.69, 9.17) is 24.6 Å². The van der Waals surface area contributed by atoms with Crippen molar-refractivity contribution in [2.75, 3.05) is 24.6 Å². The number of unbranched alkanes of at least 4 members (excludes halogenated alkanes) is 1. The number of allylic oxidation sites excluding steroid dienone is 2. The summed E-state index contributed by atoms with van der Waals surface area (Å²) in [6.45, 7) is 18.1. The van der Waals surface area contributed by atoms with Crippen molar-refractivity contribution < 1.29 is 28.6 Å². The summed E-state index contributed by atoms with van der Waals surface area (Å²) in [4.78, 5) is 47.7. The Morgan fingerprint density at radius 3 is 2.37 bits per heavy atom. The highest BCUT2D eigenvalue weighted by Gasteiger charge is 2.31. The summed E-state index contributed by atoms with van der Waals surface area (Å²) in [5.74, 6) is 0.834. The van der Waals surface area contributed by atoms with Crippen LogP contribution in [0.15, 0.2) is 65.2 Å². The molecule has 0 bridgehead atoms. The van der Waals surface area contributed by atoms with E-state index in [9.17, 15) is 14.4 Å². The molecule has 2 aliphatic heterocycles. The van der Waals surface area contributed by atoms with Gasteiger partial charge in [0.1, 0.15) is 22.8 Å². The minimum absolute atomic E-state index is 0.0622. The van der Waals surface area contributed by atoms with E-state index in [-0.39, 0.29) is 30.6 Å². The third kappa shape index (κ3) is 12.3. The predicted molar refractivity (Wildman–Crippen MR) is 216 cm³/mol. The first-order valence-corrected chi connectivity index (χ1v) is 19.1. The van der Waals surface area contributed by atoms with E-state index in [2.05, 4.69) is 25.2 Å². The van der Waals surface area contributed by atoms with Crippen molar-refractivity contribution in [3.05, 3.63) is 76.9 Å². The summed E-state index contributed by atoms with van der Waals surface area (Å²) in [7, 11) is 0. The molecule has 1 unspecified atom stereocenters. The molecule has 0 radical (unpaired) electrons. The van der Waals surface area contributed by atoms with Crippen LogP contribution in [0.5, 0.6) is 5.75 Å². The molecule has 2 aromatic carbocycles. The number of amidine groups is 1. The van der Waals surface area contributed by atoms with Crippen LogP contribution in [0.3, 0.4) is 0 Å². The van der Waals surface area contributed by atoms with Gasteiger partial charge in [-0.05, 0) is 127 Å². The first-order valence-electron chi connectivity index (χ1n) is 19.1. The minimum atomic E-state index is -0.762. The van der Waals surface area contributed by atoms with Crippen LogP contribution in [0.1, 0.15) is 111 Å². The fraction of sp³-hybridized carbons (Fsp3) is 0.512. The average Bonchev–Trinajstić information content (AvgIpc) is 3.09. The topological polar surface area (TPSA) is 134 Å². The second-order valence-corrected chi connectivity index (χ2v) is 16.2. The third-order valence-corrected chi connectivity index (χ3v) is 8.94. The van der Waals surface area contributed by atoms with E-state index in [0.717, 1.165) is 47.9 Å². The quantitative estimate of drug-likeness (QED) is 0.234. The zero-order chi connectivity index (χ0) is 39.6. The van der Waals surface area contributed by atoms with Gasteiger partial charge in [-0.15, -0.1) is 0 Å². The second-order valence-electron chi connectivity index (χ2n) is 16.2. The highest BCUT2D eigenvalue weighted by Crippen LogP contribution is 2.31. The Balaban J connectivity index is 1.56. The Labute approximate surface area is 321 Å². The van der Waals surface area contributed by atoms with E-state index >= 15 is 0 Å². The summed E-state index contributed by atoms with van der Waals surface area (Å²) >= 11 is 0. The molecule has 2 heterocycles. The third-order valence-electron chi connectivity index (χ3n) is 8.94. The molecule has 11 nitrogen and oxygen atoms in total. The molecule has 0 aromatic heterocycles. The zero-order valence-corrected chi connectivity index (χ0v) is 33.6. The van der Waals surface area contributed by atoms with Crippen LogP contribution in [-0.2, 0) is 20.7 Å². The molecule has 2 N–H and O–H groups in total. The maximum atomic E-state index is 14.1. The summed E-state index contributed by atoms with van der Waals surface area (Å²) in [6.07, 6.45) is 9.45. The van der Waals surface area contributed by atoms with Crippen LogP contribution < -0.4 is 15.0 Å². The van der Waals surface area contributed by atoms with Crippen molar-refractivity contribution in [2.45, 2.75) is 118 Å². The molecule has 292 valence electrons. The van der Waals surface area contributed by atoms with Gasteiger partial charge in [-0.1, -0.05) is 50.6 Å². The van der Waals surface area contributed by atoms with Crippen LogP contribution in [0.25, 0.3) is 5.70 Å². The van der Waals surface area contributed by atoms with Crippen molar-refractivity contribution in [3.63, 3.8) is 0 Å². The van der Waals surface area contributed by atoms with E-state index in [1.54, 1.807) is 11.0 Å². The molecule has 4 rings (SSSR count). The maximum Gasteiger partial charge on any atom is 0.420 e. The Bertz CT molecular complexity index is 1760. The molecule has 0 saturated carbocycles. The van der Waals surface area contributed by atoms with Gasteiger partial charge in [0.05, 0.1) is 11.4 Å². The normalized spacial score (nSPS) is 16.9. The lowest BCUT2D eigenvalue weighted by Crippen LogP contribution is -2.48. The lowest BCUT2D eigenvalue weighted by atomic mass is 9.99. The van der Waals surface area contributed by atoms with Crippen molar-refractivity contribution in [2.24, 2.45) is 10.9 Å². The number of amides is 3. The Kier molecular flexibility index (Phi) is 14.3. The summed E-state index contributed by atoms with van der Waals surface area (Å²) in [6, 6.07) is 13.1. The van der Waals surface area contributed by atoms with E-state index < -0.39 is 17.3 Å². The van der Waals surface area contributed by atoms with Crippen LogP contribution in [0.4, 0.5) is 15.3 Å². The minimum Gasteiger partial charge on any atom is -0.484 e. The van der Waals surface area contributed by atoms with Gasteiger partial charge in [-0.25, -0.2) is 19.5 Å². The molecule has 0 spiro atoms. The number of aliphatic imine (C=N–C) groups is 1. The largest absolute Gasteiger partial charge is 0.484 e. The predicted octanol–water partition coefficient (Wildman–Crippen LogP) is 9.09. The van der Waals surface area contributed by atoms with Gasteiger partial charge in [0.25, 0.3) is 5.91 Å². The highest BCUT2D eigenvalue weighted by molar-refractivity contribution is 6.23. The number of carbonyl (C=O) groups excluding carboxylic acids is 3. The van der Waals surface area contributed by atoms with Crippen molar-refractivity contribution in [1.29, 1.82) is 5.41 Å². The monoisotopic (exact) mass is 741 g/mol. The molecule has 1 atom stereocenters. The van der Waals surface area contributed by atoms with Gasteiger partial charge in [-0.2, -0.15) is 0 Å². The van der Waals surface area contributed by atoms with Gasteiger partial charge in [0.2, 0.25) is 0 Å². The Morgan fingerprint density at radius 2 is 1.72 bits per heavy atom. The van der Waals surface area contributed by atoms with Crippen LogP contribution in [0.2, 0.25) is 0 Å². The van der Waals surface area contributed by atoms with E-state index in [0.29, 0.717) is 48.9 Å². The number of nitrogens with zero attached hydrogens (tertiary/aromatic N) is 3. The zero-order valence-electron chi connectivity index (χ0n) is 33.6. The van der Waals surface area contributed by atoms with E-state index in [1.807, 2.05) is 90.9 Å². The first-order chi connectivity index (χ1) is 25.5. The Morgan fingerprint density at radius 1 is 1.02 bits per heavy atom. The number of piperidine rings is 1. The van der Waals surface area contributed by atoms with Gasteiger partial charge in [-0.3, -0.25) is 4.79 Å². The molecule has 1 fully saturated rings. The van der Waals surface area contributed by atoms with Crippen molar-refractivity contribution in [3.8, 4) is 5.75 Å². The number of benzene rings is 2. The van der Waals surface area contributed by atoms with Gasteiger partial charge < -0.3 is 29.8 Å².